The van der Waals surface area contributed by atoms with Gasteiger partial charge in [-0.3, -0.25) is 9.59 Å². The number of anilines is 2. The number of hydrogen-bond donors (Lipinski definition) is 2. The molecule has 0 aliphatic rings. The van der Waals surface area contributed by atoms with Crippen LogP contribution in [0.4, 0.5) is 11.4 Å². The molecule has 5 heteroatoms. The minimum absolute atomic E-state index is 0.0570. The summed E-state index contributed by atoms with van der Waals surface area (Å²) in [5, 5.41) is 5.68. The van der Waals surface area contributed by atoms with Crippen LogP contribution in [0.15, 0.2) is 48.5 Å². The van der Waals surface area contributed by atoms with Crippen molar-refractivity contribution in [1.82, 2.24) is 0 Å². The van der Waals surface area contributed by atoms with Crippen molar-refractivity contribution in [2.45, 2.75) is 19.8 Å². The van der Waals surface area contributed by atoms with E-state index in [1.54, 1.807) is 18.2 Å². The van der Waals surface area contributed by atoms with Crippen LogP contribution in [0, 0.1) is 3.57 Å². The average Bonchev–Trinajstić information content (AvgIpc) is 2.50. The van der Waals surface area contributed by atoms with Gasteiger partial charge in [-0.15, -0.1) is 0 Å². The van der Waals surface area contributed by atoms with E-state index in [2.05, 4.69) is 33.2 Å². The Labute approximate surface area is 143 Å². The molecule has 0 saturated carbocycles. The van der Waals surface area contributed by atoms with E-state index < -0.39 is 0 Å². The number of halogens is 1. The molecule has 0 aromatic heterocycles. The van der Waals surface area contributed by atoms with Crippen LogP contribution in [0.5, 0.6) is 0 Å². The monoisotopic (exact) mass is 408 g/mol. The van der Waals surface area contributed by atoms with Crippen LogP contribution in [-0.2, 0) is 4.79 Å². The van der Waals surface area contributed by atoms with Gasteiger partial charge in [0.05, 0.1) is 16.9 Å². The second kappa shape index (κ2) is 7.93. The molecule has 2 aromatic carbocycles. The highest BCUT2D eigenvalue weighted by atomic mass is 127. The molecule has 2 rings (SSSR count). The average molecular weight is 408 g/mol. The van der Waals surface area contributed by atoms with Gasteiger partial charge in [0.1, 0.15) is 0 Å². The first-order chi connectivity index (χ1) is 10.6. The zero-order chi connectivity index (χ0) is 15.9. The number of hydrogen-bond acceptors (Lipinski definition) is 2. The van der Waals surface area contributed by atoms with Crippen molar-refractivity contribution in [3.8, 4) is 0 Å². The van der Waals surface area contributed by atoms with Gasteiger partial charge in [-0.2, -0.15) is 0 Å². The summed E-state index contributed by atoms with van der Waals surface area (Å²) in [4.78, 5) is 24.1. The van der Waals surface area contributed by atoms with Crippen LogP contribution in [0.2, 0.25) is 0 Å². The van der Waals surface area contributed by atoms with Crippen molar-refractivity contribution in [2.24, 2.45) is 0 Å². The summed E-state index contributed by atoms with van der Waals surface area (Å²) in [6, 6.07) is 14.6. The third-order valence-corrected chi connectivity index (χ3v) is 3.99. The number of benzene rings is 2. The second-order valence-electron chi connectivity index (χ2n) is 4.78. The predicted octanol–water partition coefficient (Wildman–Crippen LogP) is 4.28. The van der Waals surface area contributed by atoms with Crippen LogP contribution in [-0.4, -0.2) is 11.8 Å². The molecular formula is C17H17IN2O2. The van der Waals surface area contributed by atoms with E-state index in [0.29, 0.717) is 23.4 Å². The Bertz CT molecular complexity index is 686. The van der Waals surface area contributed by atoms with Gasteiger partial charge in [-0.25, -0.2) is 0 Å². The molecule has 4 nitrogen and oxygen atoms in total. The molecule has 2 N–H and O–H groups in total. The molecule has 0 saturated heterocycles. The summed E-state index contributed by atoms with van der Waals surface area (Å²) < 4.78 is 0.880. The molecule has 0 unspecified atom stereocenters. The third kappa shape index (κ3) is 4.30. The van der Waals surface area contributed by atoms with Crippen molar-refractivity contribution in [3.63, 3.8) is 0 Å². The zero-order valence-corrected chi connectivity index (χ0v) is 14.4. The number of carbonyl (C=O) groups is 2. The fourth-order valence-corrected chi connectivity index (χ4v) is 2.61. The summed E-state index contributed by atoms with van der Waals surface area (Å²) in [6.07, 6.45) is 1.24. The number of rotatable bonds is 5. The Kier molecular flexibility index (Phi) is 5.94. The number of nitrogens with one attached hydrogen (secondary N) is 2. The summed E-state index contributed by atoms with van der Waals surface area (Å²) in [7, 11) is 0. The molecule has 0 atom stereocenters. The Balaban J connectivity index is 2.18. The second-order valence-corrected chi connectivity index (χ2v) is 5.94. The first kappa shape index (κ1) is 16.5. The lowest BCUT2D eigenvalue weighted by atomic mass is 10.2. The summed E-state index contributed by atoms with van der Waals surface area (Å²) in [6.45, 7) is 1.95. The fraction of sp³-hybridized carbons (Fsp3) is 0.176. The SMILES string of the molecule is CCCC(=O)Nc1ccccc1NC(=O)c1ccccc1I. The topological polar surface area (TPSA) is 58.2 Å². The Morgan fingerprint density at radius 1 is 0.955 bits per heavy atom. The fourth-order valence-electron chi connectivity index (χ4n) is 1.98. The van der Waals surface area contributed by atoms with E-state index in [1.165, 1.54) is 0 Å². The highest BCUT2D eigenvalue weighted by Crippen LogP contribution is 2.23. The Morgan fingerprint density at radius 2 is 1.55 bits per heavy atom. The van der Waals surface area contributed by atoms with Crippen molar-refractivity contribution < 1.29 is 9.59 Å². The Morgan fingerprint density at radius 3 is 2.18 bits per heavy atom. The molecule has 0 heterocycles. The van der Waals surface area contributed by atoms with Gasteiger partial charge in [0.25, 0.3) is 5.91 Å². The minimum atomic E-state index is -0.192. The Hall–Kier alpha value is -1.89. The first-order valence-corrected chi connectivity index (χ1v) is 8.14. The van der Waals surface area contributed by atoms with Crippen LogP contribution in [0.25, 0.3) is 0 Å². The van der Waals surface area contributed by atoms with Crippen molar-refractivity contribution in [2.75, 3.05) is 10.6 Å². The van der Waals surface area contributed by atoms with E-state index in [-0.39, 0.29) is 11.8 Å². The summed E-state index contributed by atoms with van der Waals surface area (Å²) >= 11 is 2.13. The summed E-state index contributed by atoms with van der Waals surface area (Å²) in [5.41, 5.74) is 1.81. The van der Waals surface area contributed by atoms with Crippen LogP contribution < -0.4 is 10.6 Å². The summed E-state index contributed by atoms with van der Waals surface area (Å²) in [5.74, 6) is -0.249. The quantitative estimate of drug-likeness (QED) is 0.726. The first-order valence-electron chi connectivity index (χ1n) is 7.06. The lowest BCUT2D eigenvalue weighted by Gasteiger charge is -2.12. The molecule has 0 aliphatic carbocycles. The lowest BCUT2D eigenvalue weighted by molar-refractivity contribution is -0.116. The molecule has 2 aromatic rings. The van der Waals surface area contributed by atoms with Crippen LogP contribution in [0.1, 0.15) is 30.1 Å². The van der Waals surface area contributed by atoms with Gasteiger partial charge in [-0.05, 0) is 53.3 Å². The van der Waals surface area contributed by atoms with E-state index >= 15 is 0 Å². The van der Waals surface area contributed by atoms with Gasteiger partial charge < -0.3 is 10.6 Å². The molecule has 0 radical (unpaired) electrons. The molecule has 114 valence electrons. The van der Waals surface area contributed by atoms with Gasteiger partial charge in [0, 0.05) is 9.99 Å². The molecule has 0 spiro atoms. The third-order valence-electron chi connectivity index (χ3n) is 3.04. The molecular weight excluding hydrogens is 391 g/mol. The maximum absolute atomic E-state index is 12.4. The molecule has 0 bridgehead atoms. The van der Waals surface area contributed by atoms with Gasteiger partial charge >= 0.3 is 0 Å². The smallest absolute Gasteiger partial charge is 0.256 e. The van der Waals surface area contributed by atoms with Crippen LogP contribution >= 0.6 is 22.6 Å². The van der Waals surface area contributed by atoms with E-state index in [9.17, 15) is 9.59 Å². The minimum Gasteiger partial charge on any atom is -0.324 e. The van der Waals surface area contributed by atoms with Crippen molar-refractivity contribution >= 4 is 45.8 Å². The van der Waals surface area contributed by atoms with Gasteiger partial charge in [-0.1, -0.05) is 31.2 Å². The normalized spacial score (nSPS) is 10.1. The number of para-hydroxylation sites is 2. The molecule has 0 fully saturated rings. The van der Waals surface area contributed by atoms with E-state index in [0.717, 1.165) is 9.99 Å². The molecule has 0 aliphatic heterocycles. The highest BCUT2D eigenvalue weighted by Gasteiger charge is 2.12. The van der Waals surface area contributed by atoms with Gasteiger partial charge in [0.15, 0.2) is 0 Å². The lowest BCUT2D eigenvalue weighted by Crippen LogP contribution is -2.17. The number of amides is 2. The molecule has 22 heavy (non-hydrogen) atoms. The van der Waals surface area contributed by atoms with Crippen molar-refractivity contribution in [1.29, 1.82) is 0 Å². The maximum Gasteiger partial charge on any atom is 0.256 e. The molecule has 2 amide bonds. The highest BCUT2D eigenvalue weighted by molar-refractivity contribution is 14.1. The van der Waals surface area contributed by atoms with Crippen molar-refractivity contribution in [3.05, 3.63) is 57.7 Å². The predicted molar refractivity (Wildman–Crippen MR) is 97.1 cm³/mol. The largest absolute Gasteiger partial charge is 0.324 e. The van der Waals surface area contributed by atoms with Gasteiger partial charge in [0.2, 0.25) is 5.91 Å². The number of carbonyl (C=O) groups excluding carboxylic acids is 2. The van der Waals surface area contributed by atoms with E-state index in [1.807, 2.05) is 37.3 Å². The van der Waals surface area contributed by atoms with Crippen LogP contribution in [0.3, 0.4) is 0 Å². The maximum atomic E-state index is 12.4. The zero-order valence-electron chi connectivity index (χ0n) is 12.2. The standard InChI is InChI=1S/C17H17IN2O2/c1-2-7-16(21)19-14-10-5-6-11-15(14)20-17(22)12-8-3-4-9-13(12)18/h3-6,8-11H,2,7H2,1H3,(H,19,21)(H,20,22). The van der Waals surface area contributed by atoms with E-state index in [4.69, 9.17) is 0 Å².